The number of esters is 1. The second-order valence-corrected chi connectivity index (χ2v) is 13.9. The zero-order chi connectivity index (χ0) is 35.3. The Labute approximate surface area is 285 Å². The third-order valence-electron chi connectivity index (χ3n) is 7.27. The molecular formula is C39H51N3O6. The van der Waals surface area contributed by atoms with E-state index in [4.69, 9.17) is 9.47 Å². The van der Waals surface area contributed by atoms with Crippen molar-refractivity contribution in [1.82, 2.24) is 15.5 Å². The molecule has 0 spiro atoms. The minimum Gasteiger partial charge on any atom is -0.458 e. The summed E-state index contributed by atoms with van der Waals surface area (Å²) in [6.45, 7) is 12.8. The zero-order valence-corrected chi connectivity index (χ0v) is 29.3. The first-order valence-electron chi connectivity index (χ1n) is 16.6. The zero-order valence-electron chi connectivity index (χ0n) is 29.3. The van der Waals surface area contributed by atoms with Crippen LogP contribution in [-0.4, -0.2) is 58.6 Å². The summed E-state index contributed by atoms with van der Waals surface area (Å²) >= 11 is 0. The number of unbranched alkanes of at least 4 members (excludes halogenated alkanes) is 1. The molecule has 3 amide bonds. The van der Waals surface area contributed by atoms with Crippen LogP contribution in [0.3, 0.4) is 0 Å². The Morgan fingerprint density at radius 1 is 0.667 bits per heavy atom. The van der Waals surface area contributed by atoms with Crippen molar-refractivity contribution in [2.45, 2.75) is 103 Å². The number of nitrogens with zero attached hydrogens (tertiary/aromatic N) is 1. The van der Waals surface area contributed by atoms with Crippen LogP contribution in [0, 0.1) is 0 Å². The highest BCUT2D eigenvalue weighted by atomic mass is 16.6. The first-order chi connectivity index (χ1) is 22.7. The normalized spacial score (nSPS) is 13.4. The van der Waals surface area contributed by atoms with Crippen molar-refractivity contribution in [3.63, 3.8) is 0 Å². The van der Waals surface area contributed by atoms with Gasteiger partial charge in [-0.05, 0) is 64.7 Å². The standard InChI is InChI=1S/C39H51N3O6/c1-8-9-25-42(35(44)31(26-28-19-13-10-14-20-28)41-37(46)48-39(5,6)7)33(30-23-17-12-18-24-30)34(43)40-32(36(45)47-38(2,3)4)27-29-21-15-11-16-22-29/h10-24,31-33H,8-9,25-27H2,1-7H3,(H,40,43)(H,41,46). The Hall–Kier alpha value is -4.66. The fraction of sp³-hybridized carbons (Fsp3) is 0.436. The highest BCUT2D eigenvalue weighted by molar-refractivity contribution is 5.94. The maximum absolute atomic E-state index is 14.7. The molecule has 3 aromatic rings. The van der Waals surface area contributed by atoms with Crippen LogP contribution < -0.4 is 10.6 Å². The number of carbonyl (C=O) groups excluding carboxylic acids is 4. The molecule has 0 aliphatic carbocycles. The number of rotatable bonds is 14. The monoisotopic (exact) mass is 657 g/mol. The molecule has 0 aromatic heterocycles. The number of nitrogens with one attached hydrogen (secondary N) is 2. The molecule has 48 heavy (non-hydrogen) atoms. The Bertz CT molecular complexity index is 1470. The number of alkyl carbamates (subject to hydrolysis) is 1. The molecule has 3 rings (SSSR count). The summed E-state index contributed by atoms with van der Waals surface area (Å²) < 4.78 is 11.3. The van der Waals surface area contributed by atoms with Gasteiger partial charge in [0.25, 0.3) is 0 Å². The molecule has 0 saturated heterocycles. The van der Waals surface area contributed by atoms with E-state index in [0.29, 0.717) is 12.0 Å². The summed E-state index contributed by atoms with van der Waals surface area (Å²) in [7, 11) is 0. The SMILES string of the molecule is CCCCN(C(=O)C(Cc1ccccc1)NC(=O)OC(C)(C)C)C(C(=O)NC(Cc1ccccc1)C(=O)OC(C)(C)C)c1ccccc1. The Kier molecular flexibility index (Phi) is 13.8. The van der Waals surface area contributed by atoms with Crippen molar-refractivity contribution in [3.8, 4) is 0 Å². The summed E-state index contributed by atoms with van der Waals surface area (Å²) in [5.41, 5.74) is 0.673. The molecule has 0 saturated carbocycles. The maximum atomic E-state index is 14.7. The molecule has 0 heterocycles. The van der Waals surface area contributed by atoms with Crippen molar-refractivity contribution >= 4 is 23.9 Å². The molecule has 3 atom stereocenters. The lowest BCUT2D eigenvalue weighted by molar-refractivity contribution is -0.159. The van der Waals surface area contributed by atoms with Crippen LogP contribution in [0.4, 0.5) is 4.79 Å². The minimum atomic E-state index is -1.11. The molecule has 0 radical (unpaired) electrons. The molecular weight excluding hydrogens is 606 g/mol. The fourth-order valence-corrected chi connectivity index (χ4v) is 5.17. The summed E-state index contributed by atoms with van der Waals surface area (Å²) in [5.74, 6) is -1.56. The average Bonchev–Trinajstić information content (AvgIpc) is 3.01. The third-order valence-corrected chi connectivity index (χ3v) is 7.27. The van der Waals surface area contributed by atoms with Crippen molar-refractivity contribution in [3.05, 3.63) is 108 Å². The molecule has 0 aliphatic rings. The van der Waals surface area contributed by atoms with E-state index in [1.165, 1.54) is 4.90 Å². The summed E-state index contributed by atoms with van der Waals surface area (Å²) in [5, 5.41) is 5.72. The van der Waals surface area contributed by atoms with Crippen molar-refractivity contribution in [2.75, 3.05) is 6.54 Å². The van der Waals surface area contributed by atoms with Gasteiger partial charge in [0.1, 0.15) is 29.3 Å². The first kappa shape index (κ1) is 37.8. The number of benzene rings is 3. The van der Waals surface area contributed by atoms with E-state index in [0.717, 1.165) is 17.5 Å². The number of hydrogen-bond acceptors (Lipinski definition) is 6. The Morgan fingerprint density at radius 3 is 1.62 bits per heavy atom. The Morgan fingerprint density at radius 2 is 1.15 bits per heavy atom. The molecule has 258 valence electrons. The topological polar surface area (TPSA) is 114 Å². The van der Waals surface area contributed by atoms with Gasteiger partial charge >= 0.3 is 12.1 Å². The average molecular weight is 658 g/mol. The van der Waals surface area contributed by atoms with Gasteiger partial charge < -0.3 is 25.0 Å². The number of hydrogen-bond donors (Lipinski definition) is 2. The van der Waals surface area contributed by atoms with Gasteiger partial charge in [-0.2, -0.15) is 0 Å². The first-order valence-corrected chi connectivity index (χ1v) is 16.6. The van der Waals surface area contributed by atoms with Gasteiger partial charge in [-0.15, -0.1) is 0 Å². The van der Waals surface area contributed by atoms with Crippen LogP contribution in [0.15, 0.2) is 91.0 Å². The lowest BCUT2D eigenvalue weighted by Crippen LogP contribution is -2.55. The summed E-state index contributed by atoms with van der Waals surface area (Å²) in [6.07, 6.45) is 0.999. The number of ether oxygens (including phenoxy) is 2. The van der Waals surface area contributed by atoms with Gasteiger partial charge in [-0.25, -0.2) is 9.59 Å². The molecule has 0 fully saturated rings. The van der Waals surface area contributed by atoms with E-state index >= 15 is 0 Å². The van der Waals surface area contributed by atoms with E-state index in [9.17, 15) is 19.2 Å². The van der Waals surface area contributed by atoms with Crippen molar-refractivity contribution < 1.29 is 28.7 Å². The quantitative estimate of drug-likeness (QED) is 0.190. The second-order valence-electron chi connectivity index (χ2n) is 13.9. The minimum absolute atomic E-state index is 0.180. The fourth-order valence-electron chi connectivity index (χ4n) is 5.17. The van der Waals surface area contributed by atoms with Crippen LogP contribution >= 0.6 is 0 Å². The summed E-state index contributed by atoms with van der Waals surface area (Å²) in [4.78, 5) is 57.2. The third kappa shape index (κ3) is 12.5. The maximum Gasteiger partial charge on any atom is 0.408 e. The molecule has 2 N–H and O–H groups in total. The van der Waals surface area contributed by atoms with Gasteiger partial charge in [0.05, 0.1) is 0 Å². The second kappa shape index (κ2) is 17.5. The van der Waals surface area contributed by atoms with E-state index in [1.54, 1.807) is 65.8 Å². The van der Waals surface area contributed by atoms with E-state index in [-0.39, 0.29) is 19.4 Å². The molecule has 0 bridgehead atoms. The van der Waals surface area contributed by atoms with Crippen LogP contribution in [0.2, 0.25) is 0 Å². The van der Waals surface area contributed by atoms with Crippen LogP contribution in [-0.2, 0) is 36.7 Å². The molecule has 0 aliphatic heterocycles. The van der Waals surface area contributed by atoms with E-state index in [1.807, 2.05) is 73.7 Å². The van der Waals surface area contributed by atoms with Gasteiger partial charge in [-0.1, -0.05) is 104 Å². The van der Waals surface area contributed by atoms with Crippen molar-refractivity contribution in [2.24, 2.45) is 0 Å². The van der Waals surface area contributed by atoms with Crippen LogP contribution in [0.25, 0.3) is 0 Å². The molecule has 9 heteroatoms. The highest BCUT2D eigenvalue weighted by Gasteiger charge is 2.38. The number of amides is 3. The lowest BCUT2D eigenvalue weighted by Gasteiger charge is -2.35. The van der Waals surface area contributed by atoms with Gasteiger partial charge in [0.15, 0.2) is 0 Å². The van der Waals surface area contributed by atoms with Gasteiger partial charge in [0, 0.05) is 19.4 Å². The lowest BCUT2D eigenvalue weighted by atomic mass is 9.99. The summed E-state index contributed by atoms with van der Waals surface area (Å²) in [6, 6.07) is 24.6. The smallest absolute Gasteiger partial charge is 0.408 e. The van der Waals surface area contributed by atoms with E-state index < -0.39 is 53.2 Å². The highest BCUT2D eigenvalue weighted by Crippen LogP contribution is 2.25. The molecule has 3 aromatic carbocycles. The molecule has 3 unspecified atom stereocenters. The largest absolute Gasteiger partial charge is 0.458 e. The van der Waals surface area contributed by atoms with Gasteiger partial charge in [0.2, 0.25) is 11.8 Å². The predicted octanol–water partition coefficient (Wildman–Crippen LogP) is 6.56. The van der Waals surface area contributed by atoms with E-state index in [2.05, 4.69) is 10.6 Å². The van der Waals surface area contributed by atoms with Crippen LogP contribution in [0.5, 0.6) is 0 Å². The van der Waals surface area contributed by atoms with Crippen molar-refractivity contribution in [1.29, 1.82) is 0 Å². The molecule has 9 nitrogen and oxygen atoms in total. The van der Waals surface area contributed by atoms with Crippen LogP contribution in [0.1, 0.15) is 84.0 Å². The predicted molar refractivity (Wildman–Crippen MR) is 187 cm³/mol. The number of carbonyl (C=O) groups is 4. The van der Waals surface area contributed by atoms with Gasteiger partial charge in [-0.3, -0.25) is 9.59 Å². The Balaban J connectivity index is 2.06.